The van der Waals surface area contributed by atoms with Crippen molar-refractivity contribution in [3.8, 4) is 0 Å². The smallest absolute Gasteiger partial charge is 0.223 e. The molecule has 0 atom stereocenters. The molecule has 1 aliphatic heterocycles. The summed E-state index contributed by atoms with van der Waals surface area (Å²) in [6.45, 7) is 5.78. The standard InChI is InChI=1S/C20H26N4OS.HI/c1-2-21-20(23-13-18-9-6-12-26-18)22-11-5-10-19(25)24-14-16-7-3-4-8-17(16)15-24;/h3-4,6-9,12H,2,5,10-11,13-15H2,1H3,(H2,21,22,23);1H. The van der Waals surface area contributed by atoms with Crippen LogP contribution < -0.4 is 10.6 Å². The summed E-state index contributed by atoms with van der Waals surface area (Å²) in [6.07, 6.45) is 1.36. The molecule has 0 radical (unpaired) electrons. The molecular weight excluding hydrogens is 471 g/mol. The predicted octanol–water partition coefficient (Wildman–Crippen LogP) is 3.74. The minimum atomic E-state index is 0. The lowest BCUT2D eigenvalue weighted by molar-refractivity contribution is -0.131. The maximum absolute atomic E-state index is 12.4. The minimum Gasteiger partial charge on any atom is -0.357 e. The Morgan fingerprint density at radius 3 is 2.52 bits per heavy atom. The first-order chi connectivity index (χ1) is 12.8. The number of nitrogens with zero attached hydrogens (tertiary/aromatic N) is 2. The van der Waals surface area contributed by atoms with Crippen molar-refractivity contribution in [1.29, 1.82) is 0 Å². The largest absolute Gasteiger partial charge is 0.357 e. The highest BCUT2D eigenvalue weighted by Crippen LogP contribution is 2.22. The van der Waals surface area contributed by atoms with E-state index >= 15 is 0 Å². The van der Waals surface area contributed by atoms with Gasteiger partial charge in [0, 0.05) is 37.5 Å². The van der Waals surface area contributed by atoms with Gasteiger partial charge in [0.2, 0.25) is 5.91 Å². The summed E-state index contributed by atoms with van der Waals surface area (Å²) < 4.78 is 0. The van der Waals surface area contributed by atoms with Crippen LogP contribution in [0.25, 0.3) is 0 Å². The zero-order chi connectivity index (χ0) is 18.2. The fraction of sp³-hybridized carbons (Fsp3) is 0.400. The average molecular weight is 498 g/mol. The van der Waals surface area contributed by atoms with Crippen LogP contribution in [0.15, 0.2) is 46.8 Å². The fourth-order valence-corrected chi connectivity index (χ4v) is 3.64. The molecule has 1 amide bonds. The van der Waals surface area contributed by atoms with Crippen molar-refractivity contribution in [2.24, 2.45) is 4.99 Å². The first kappa shape index (κ1) is 21.7. The fourth-order valence-electron chi connectivity index (χ4n) is 3.02. The van der Waals surface area contributed by atoms with E-state index in [0.29, 0.717) is 13.0 Å². The van der Waals surface area contributed by atoms with E-state index < -0.39 is 0 Å². The molecule has 1 aromatic heterocycles. The number of hydrogen-bond acceptors (Lipinski definition) is 3. The summed E-state index contributed by atoms with van der Waals surface area (Å²) in [7, 11) is 0. The van der Waals surface area contributed by atoms with Gasteiger partial charge in [-0.2, -0.15) is 0 Å². The van der Waals surface area contributed by atoms with E-state index in [1.165, 1.54) is 16.0 Å². The third kappa shape index (κ3) is 6.49. The van der Waals surface area contributed by atoms with Crippen molar-refractivity contribution in [1.82, 2.24) is 15.5 Å². The van der Waals surface area contributed by atoms with Crippen LogP contribution in [0.4, 0.5) is 0 Å². The highest BCUT2D eigenvalue weighted by atomic mass is 127. The maximum atomic E-state index is 12.4. The van der Waals surface area contributed by atoms with E-state index in [0.717, 1.165) is 38.6 Å². The third-order valence-electron chi connectivity index (χ3n) is 4.37. The molecule has 0 unspecified atom stereocenters. The second kappa shape index (κ2) is 11.3. The number of carbonyl (C=O) groups is 1. The van der Waals surface area contributed by atoms with Crippen LogP contribution in [0.2, 0.25) is 0 Å². The Kier molecular flexibility index (Phi) is 9.06. The second-order valence-electron chi connectivity index (χ2n) is 6.32. The number of aliphatic imine (C=N–C) groups is 1. The number of halogens is 1. The van der Waals surface area contributed by atoms with Crippen molar-refractivity contribution in [3.63, 3.8) is 0 Å². The SMILES string of the molecule is CCNC(=NCc1cccs1)NCCCC(=O)N1Cc2ccccc2C1.I. The molecule has 2 heterocycles. The normalized spacial score (nSPS) is 13.1. The molecule has 3 rings (SSSR count). The number of fused-ring (bicyclic) bond motifs is 1. The molecule has 7 heteroatoms. The zero-order valence-corrected chi connectivity index (χ0v) is 18.8. The molecule has 0 saturated heterocycles. The molecule has 1 aromatic carbocycles. The quantitative estimate of drug-likeness (QED) is 0.265. The Balaban J connectivity index is 0.00000261. The average Bonchev–Trinajstić information content (AvgIpc) is 3.32. The van der Waals surface area contributed by atoms with Gasteiger partial charge in [-0.1, -0.05) is 30.3 Å². The number of rotatable bonds is 7. The van der Waals surface area contributed by atoms with Gasteiger partial charge in [0.05, 0.1) is 6.54 Å². The highest BCUT2D eigenvalue weighted by molar-refractivity contribution is 14.0. The maximum Gasteiger partial charge on any atom is 0.223 e. The highest BCUT2D eigenvalue weighted by Gasteiger charge is 2.22. The molecule has 0 aliphatic carbocycles. The van der Waals surface area contributed by atoms with Crippen LogP contribution in [0, 0.1) is 0 Å². The van der Waals surface area contributed by atoms with Gasteiger partial charge in [-0.3, -0.25) is 4.79 Å². The van der Waals surface area contributed by atoms with Crippen LogP contribution in [-0.2, 0) is 24.4 Å². The van der Waals surface area contributed by atoms with Crippen molar-refractivity contribution in [2.45, 2.75) is 39.4 Å². The Morgan fingerprint density at radius 2 is 1.89 bits per heavy atom. The van der Waals surface area contributed by atoms with Crippen LogP contribution >= 0.6 is 35.3 Å². The third-order valence-corrected chi connectivity index (χ3v) is 5.23. The molecule has 2 N–H and O–H groups in total. The van der Waals surface area contributed by atoms with Gasteiger partial charge >= 0.3 is 0 Å². The summed E-state index contributed by atoms with van der Waals surface area (Å²) in [4.78, 5) is 20.2. The zero-order valence-electron chi connectivity index (χ0n) is 15.6. The second-order valence-corrected chi connectivity index (χ2v) is 7.36. The molecule has 1 aliphatic rings. The van der Waals surface area contributed by atoms with E-state index in [-0.39, 0.29) is 29.9 Å². The number of hydrogen-bond donors (Lipinski definition) is 2. The molecule has 0 fully saturated rings. The topological polar surface area (TPSA) is 56.7 Å². The lowest BCUT2D eigenvalue weighted by atomic mass is 10.1. The van der Waals surface area contributed by atoms with Crippen molar-refractivity contribution in [3.05, 3.63) is 57.8 Å². The molecule has 0 bridgehead atoms. The summed E-state index contributed by atoms with van der Waals surface area (Å²) in [5.74, 6) is 1.03. The number of carbonyl (C=O) groups excluding carboxylic acids is 1. The number of thiophene rings is 1. The Labute approximate surface area is 182 Å². The summed E-state index contributed by atoms with van der Waals surface area (Å²) in [5, 5.41) is 8.63. The Bertz CT molecular complexity index is 723. The number of benzene rings is 1. The molecule has 5 nitrogen and oxygen atoms in total. The van der Waals surface area contributed by atoms with Crippen molar-refractivity contribution in [2.75, 3.05) is 13.1 Å². The van der Waals surface area contributed by atoms with Crippen molar-refractivity contribution < 1.29 is 4.79 Å². The van der Waals surface area contributed by atoms with Gasteiger partial charge in [0.1, 0.15) is 0 Å². The van der Waals surface area contributed by atoms with E-state index in [1.807, 2.05) is 23.1 Å². The molecular formula is C20H27IN4OS. The first-order valence-electron chi connectivity index (χ1n) is 9.15. The van der Waals surface area contributed by atoms with Gasteiger partial charge in [-0.05, 0) is 35.9 Å². The Hall–Kier alpha value is -1.61. The summed E-state index contributed by atoms with van der Waals surface area (Å²) in [5.41, 5.74) is 2.54. The van der Waals surface area contributed by atoms with E-state index in [4.69, 9.17) is 0 Å². The summed E-state index contributed by atoms with van der Waals surface area (Å²) >= 11 is 1.71. The van der Waals surface area contributed by atoms with Crippen molar-refractivity contribution >= 4 is 47.2 Å². The number of amides is 1. The number of guanidine groups is 1. The lowest BCUT2D eigenvalue weighted by Gasteiger charge is -2.16. The van der Waals surface area contributed by atoms with Gasteiger partial charge in [0.25, 0.3) is 0 Å². The van der Waals surface area contributed by atoms with Gasteiger partial charge < -0.3 is 15.5 Å². The predicted molar refractivity (Wildman–Crippen MR) is 122 cm³/mol. The summed E-state index contributed by atoms with van der Waals surface area (Å²) in [6, 6.07) is 12.4. The van der Waals surface area contributed by atoms with Crippen LogP contribution in [-0.4, -0.2) is 29.9 Å². The Morgan fingerprint density at radius 1 is 1.15 bits per heavy atom. The van der Waals surface area contributed by atoms with Gasteiger partial charge in [-0.25, -0.2) is 4.99 Å². The van der Waals surface area contributed by atoms with Crippen LogP contribution in [0.1, 0.15) is 35.8 Å². The van der Waals surface area contributed by atoms with Gasteiger partial charge in [-0.15, -0.1) is 35.3 Å². The molecule has 146 valence electrons. The minimum absolute atomic E-state index is 0. The molecule has 2 aromatic rings. The molecule has 27 heavy (non-hydrogen) atoms. The number of nitrogens with one attached hydrogen (secondary N) is 2. The monoisotopic (exact) mass is 498 g/mol. The van der Waals surface area contributed by atoms with Gasteiger partial charge in [0.15, 0.2) is 5.96 Å². The van der Waals surface area contributed by atoms with Crippen LogP contribution in [0.3, 0.4) is 0 Å². The molecule has 0 saturated carbocycles. The van der Waals surface area contributed by atoms with E-state index in [2.05, 4.69) is 46.1 Å². The van der Waals surface area contributed by atoms with E-state index in [9.17, 15) is 4.79 Å². The first-order valence-corrected chi connectivity index (χ1v) is 10.0. The van der Waals surface area contributed by atoms with E-state index in [1.54, 1.807) is 11.3 Å². The lowest BCUT2D eigenvalue weighted by Crippen LogP contribution is -2.38. The van der Waals surface area contributed by atoms with Crippen LogP contribution in [0.5, 0.6) is 0 Å². The molecule has 0 spiro atoms.